The molecule has 156 valence electrons. The Bertz CT molecular complexity index is 1260. The van der Waals surface area contributed by atoms with Crippen LogP contribution in [-0.2, 0) is 16.0 Å². The first-order chi connectivity index (χ1) is 15.2. The molecule has 4 aliphatic rings. The van der Waals surface area contributed by atoms with E-state index in [0.29, 0.717) is 17.9 Å². The topological polar surface area (TPSA) is 74.9 Å². The molecule has 1 N–H and O–H groups in total. The zero-order valence-corrected chi connectivity index (χ0v) is 16.8. The summed E-state index contributed by atoms with van der Waals surface area (Å²) in [5.74, 6) is 1.45. The summed E-state index contributed by atoms with van der Waals surface area (Å²) in [7, 11) is 0. The highest BCUT2D eigenvalue weighted by molar-refractivity contribution is 5.98. The summed E-state index contributed by atoms with van der Waals surface area (Å²) in [6.07, 6.45) is 2.53. The van der Waals surface area contributed by atoms with Gasteiger partial charge < -0.3 is 24.3 Å². The lowest BCUT2D eigenvalue weighted by Gasteiger charge is -2.47. The largest absolute Gasteiger partial charge is 0.454 e. The van der Waals surface area contributed by atoms with E-state index in [2.05, 4.69) is 11.1 Å². The fourth-order valence-corrected chi connectivity index (χ4v) is 5.41. The third-order valence-electron chi connectivity index (χ3n) is 6.99. The van der Waals surface area contributed by atoms with E-state index in [9.17, 15) is 9.59 Å². The number of nitrogens with zero attached hydrogens (tertiary/aromatic N) is 2. The summed E-state index contributed by atoms with van der Waals surface area (Å²) in [5.41, 5.74) is 4.05. The Hall–Kier alpha value is -3.48. The molecule has 3 aromatic rings. The van der Waals surface area contributed by atoms with Crippen molar-refractivity contribution in [3.8, 4) is 11.5 Å². The second-order valence-electron chi connectivity index (χ2n) is 8.80. The van der Waals surface area contributed by atoms with Crippen molar-refractivity contribution in [1.29, 1.82) is 0 Å². The lowest BCUT2D eigenvalue weighted by Crippen LogP contribution is -2.63. The molecular weight excluding hydrogens is 394 g/mol. The van der Waals surface area contributed by atoms with Gasteiger partial charge in [-0.3, -0.25) is 9.59 Å². The summed E-state index contributed by atoms with van der Waals surface area (Å²) in [5, 5.41) is 1.12. The van der Waals surface area contributed by atoms with Crippen LogP contribution >= 0.6 is 0 Å². The molecule has 3 aliphatic heterocycles. The minimum atomic E-state index is -0.482. The summed E-state index contributed by atoms with van der Waals surface area (Å²) < 4.78 is 11.1. The van der Waals surface area contributed by atoms with Crippen LogP contribution in [0.15, 0.2) is 42.5 Å². The van der Waals surface area contributed by atoms with Gasteiger partial charge in [0.1, 0.15) is 12.6 Å². The number of carbonyl (C=O) groups excluding carboxylic acids is 2. The number of nitrogens with one attached hydrogen (secondary N) is 1. The Labute approximate surface area is 178 Å². The van der Waals surface area contributed by atoms with Crippen molar-refractivity contribution in [3.05, 3.63) is 59.3 Å². The average molecular weight is 415 g/mol. The fourth-order valence-electron chi connectivity index (χ4n) is 5.41. The molecule has 31 heavy (non-hydrogen) atoms. The van der Waals surface area contributed by atoms with Crippen molar-refractivity contribution in [1.82, 2.24) is 14.8 Å². The van der Waals surface area contributed by atoms with Crippen molar-refractivity contribution in [2.24, 2.45) is 0 Å². The third kappa shape index (κ3) is 2.40. The Morgan fingerprint density at radius 1 is 1.00 bits per heavy atom. The molecule has 7 heteroatoms. The van der Waals surface area contributed by atoms with Gasteiger partial charge in [0.15, 0.2) is 11.5 Å². The summed E-state index contributed by atoms with van der Waals surface area (Å²) in [6, 6.07) is 13.3. The molecular formula is C24H21N3O4. The summed E-state index contributed by atoms with van der Waals surface area (Å²) in [4.78, 5) is 34.1. The molecule has 7 nitrogen and oxygen atoms in total. The summed E-state index contributed by atoms with van der Waals surface area (Å²) >= 11 is 0. The van der Waals surface area contributed by atoms with Gasteiger partial charge in [-0.2, -0.15) is 0 Å². The maximum Gasteiger partial charge on any atom is 0.246 e. The zero-order chi connectivity index (χ0) is 20.7. The SMILES string of the molecule is O=C1[C@H]2Cc3c([nH]c4ccccc34)[C@H](c3ccc4c(c3)OCO4)N2C(=O)CN1C1CC1. The van der Waals surface area contributed by atoms with Crippen molar-refractivity contribution in [3.63, 3.8) is 0 Å². The number of ether oxygens (including phenoxy) is 2. The predicted octanol–water partition coefficient (Wildman–Crippen LogP) is 2.74. The van der Waals surface area contributed by atoms with Crippen LogP contribution < -0.4 is 9.47 Å². The molecule has 7 rings (SSSR count). The second-order valence-corrected chi connectivity index (χ2v) is 8.80. The number of rotatable bonds is 2. The molecule has 0 spiro atoms. The van der Waals surface area contributed by atoms with Gasteiger partial charge in [-0.15, -0.1) is 0 Å². The fraction of sp³-hybridized carbons (Fsp3) is 0.333. The molecule has 2 atom stereocenters. The Morgan fingerprint density at radius 2 is 1.84 bits per heavy atom. The first kappa shape index (κ1) is 17.2. The number of hydrogen-bond acceptors (Lipinski definition) is 4. The normalized spacial score (nSPS) is 24.5. The Morgan fingerprint density at radius 3 is 2.71 bits per heavy atom. The van der Waals surface area contributed by atoms with Crippen LogP contribution in [0.5, 0.6) is 11.5 Å². The number of fused-ring (bicyclic) bond motifs is 5. The molecule has 2 amide bonds. The molecule has 2 aromatic carbocycles. The van der Waals surface area contributed by atoms with Gasteiger partial charge >= 0.3 is 0 Å². The number of piperazine rings is 1. The number of H-pyrrole nitrogens is 1. The highest BCUT2D eigenvalue weighted by Gasteiger charge is 2.51. The lowest BCUT2D eigenvalue weighted by atomic mass is 9.86. The van der Waals surface area contributed by atoms with Gasteiger partial charge in [-0.1, -0.05) is 24.3 Å². The first-order valence-corrected chi connectivity index (χ1v) is 10.8. The van der Waals surface area contributed by atoms with Gasteiger partial charge in [0.25, 0.3) is 0 Å². The van der Waals surface area contributed by atoms with Gasteiger partial charge in [-0.05, 0) is 42.2 Å². The van der Waals surface area contributed by atoms with Crippen LogP contribution in [0.3, 0.4) is 0 Å². The zero-order valence-electron chi connectivity index (χ0n) is 16.8. The van der Waals surface area contributed by atoms with Crippen LogP contribution in [0.2, 0.25) is 0 Å². The maximum absolute atomic E-state index is 13.5. The molecule has 1 saturated carbocycles. The van der Waals surface area contributed by atoms with Crippen molar-refractivity contribution in [2.75, 3.05) is 13.3 Å². The number of para-hydroxylation sites is 1. The third-order valence-corrected chi connectivity index (χ3v) is 6.99. The van der Waals surface area contributed by atoms with Crippen molar-refractivity contribution in [2.45, 2.75) is 37.4 Å². The molecule has 4 heterocycles. The van der Waals surface area contributed by atoms with E-state index in [0.717, 1.165) is 40.6 Å². The standard InChI is InChI=1S/C24H21N3O4/c28-21-11-26(14-6-7-14)24(29)18-10-16-15-3-1-2-4-17(15)25-22(16)23(27(18)21)13-5-8-19-20(9-13)31-12-30-19/h1-5,8-9,14,18,23,25H,6-7,10-12H2/t18-,23+/m1/s1. The molecule has 1 aromatic heterocycles. The number of amides is 2. The second kappa shape index (κ2) is 6.03. The average Bonchev–Trinajstić information content (AvgIpc) is 3.40. The van der Waals surface area contributed by atoms with Gasteiger partial charge in [-0.25, -0.2) is 0 Å². The lowest BCUT2D eigenvalue weighted by molar-refractivity contribution is -0.159. The minimum absolute atomic E-state index is 0.00322. The highest BCUT2D eigenvalue weighted by atomic mass is 16.7. The van der Waals surface area contributed by atoms with Crippen LogP contribution in [0.1, 0.15) is 35.7 Å². The summed E-state index contributed by atoms with van der Waals surface area (Å²) in [6.45, 7) is 0.359. The van der Waals surface area contributed by atoms with Crippen molar-refractivity contribution < 1.29 is 19.1 Å². The molecule has 0 radical (unpaired) electrons. The Balaban J connectivity index is 1.43. The van der Waals surface area contributed by atoms with Gasteiger partial charge in [0, 0.05) is 29.1 Å². The van der Waals surface area contributed by atoms with E-state index in [1.165, 1.54) is 0 Å². The van der Waals surface area contributed by atoms with Gasteiger partial charge in [0.2, 0.25) is 18.6 Å². The smallest absolute Gasteiger partial charge is 0.246 e. The molecule has 1 aliphatic carbocycles. The quantitative estimate of drug-likeness (QED) is 0.699. The number of aromatic amines is 1. The van der Waals surface area contributed by atoms with Crippen LogP contribution in [0, 0.1) is 0 Å². The maximum atomic E-state index is 13.5. The van der Waals surface area contributed by atoms with E-state index in [1.807, 2.05) is 36.4 Å². The Kier molecular flexibility index (Phi) is 3.35. The molecule has 1 saturated heterocycles. The van der Waals surface area contributed by atoms with E-state index in [1.54, 1.807) is 9.80 Å². The van der Waals surface area contributed by atoms with Crippen molar-refractivity contribution >= 4 is 22.7 Å². The monoisotopic (exact) mass is 415 g/mol. The van der Waals surface area contributed by atoms with E-state index in [-0.39, 0.29) is 37.2 Å². The molecule has 0 bridgehead atoms. The van der Waals surface area contributed by atoms with E-state index < -0.39 is 6.04 Å². The van der Waals surface area contributed by atoms with Crippen LogP contribution in [-0.4, -0.2) is 52.0 Å². The van der Waals surface area contributed by atoms with Crippen LogP contribution in [0.25, 0.3) is 10.9 Å². The highest BCUT2D eigenvalue weighted by Crippen LogP contribution is 2.45. The first-order valence-electron chi connectivity index (χ1n) is 10.8. The van der Waals surface area contributed by atoms with Gasteiger partial charge in [0.05, 0.1) is 6.04 Å². The number of carbonyl (C=O) groups is 2. The minimum Gasteiger partial charge on any atom is -0.454 e. The number of hydrogen-bond donors (Lipinski definition) is 1. The van der Waals surface area contributed by atoms with E-state index >= 15 is 0 Å². The number of aromatic nitrogens is 1. The number of benzene rings is 2. The molecule has 2 fully saturated rings. The predicted molar refractivity (Wildman–Crippen MR) is 112 cm³/mol. The van der Waals surface area contributed by atoms with E-state index in [4.69, 9.17) is 9.47 Å². The van der Waals surface area contributed by atoms with Crippen LogP contribution in [0.4, 0.5) is 0 Å². The molecule has 0 unspecified atom stereocenters.